The van der Waals surface area contributed by atoms with Crippen LogP contribution in [-0.2, 0) is 4.79 Å². The van der Waals surface area contributed by atoms with Crippen LogP contribution in [0.5, 0.6) is 5.88 Å². The van der Waals surface area contributed by atoms with Crippen molar-refractivity contribution in [1.29, 1.82) is 0 Å². The quantitative estimate of drug-likeness (QED) is 0.711. The summed E-state index contributed by atoms with van der Waals surface area (Å²) in [6.07, 6.45) is 1.04. The van der Waals surface area contributed by atoms with Crippen LogP contribution in [0.1, 0.15) is 48.1 Å². The topological polar surface area (TPSA) is 93.2 Å². The van der Waals surface area contributed by atoms with Gasteiger partial charge >= 0.3 is 6.18 Å². The van der Waals surface area contributed by atoms with Crippen LogP contribution < -0.4 is 15.4 Å². The normalized spacial score (nSPS) is 15.1. The van der Waals surface area contributed by atoms with Crippen LogP contribution in [-0.4, -0.2) is 34.6 Å². The Hall–Kier alpha value is -3.17. The summed E-state index contributed by atoms with van der Waals surface area (Å²) in [6, 6.07) is 5.54. The van der Waals surface area contributed by atoms with Gasteiger partial charge in [-0.1, -0.05) is 6.42 Å². The van der Waals surface area contributed by atoms with Crippen molar-refractivity contribution in [1.82, 2.24) is 15.3 Å². The van der Waals surface area contributed by atoms with E-state index in [1.807, 2.05) is 0 Å². The van der Waals surface area contributed by atoms with Gasteiger partial charge in [0.05, 0.1) is 11.6 Å². The minimum atomic E-state index is -4.46. The Bertz CT molecular complexity index is 899. The molecule has 1 unspecified atom stereocenters. The summed E-state index contributed by atoms with van der Waals surface area (Å²) in [4.78, 5) is 32.3. The van der Waals surface area contributed by atoms with E-state index in [0.717, 1.165) is 31.0 Å². The summed E-state index contributed by atoms with van der Waals surface area (Å²) in [5.74, 6) is -0.282. The van der Waals surface area contributed by atoms with Gasteiger partial charge in [-0.05, 0) is 43.5 Å². The summed E-state index contributed by atoms with van der Waals surface area (Å²) in [6.45, 7) is 0.309. The number of ether oxygens (including phenoxy) is 1. The van der Waals surface area contributed by atoms with E-state index >= 15 is 0 Å². The van der Waals surface area contributed by atoms with Crippen LogP contribution in [0.25, 0.3) is 0 Å². The molecule has 7 nitrogen and oxygen atoms in total. The SMILES string of the molecule is CC(NC(=O)c1ccc(OCC(F)(F)F)nc1)c1ccnc(NC(=O)C2CCC2)c1. The maximum atomic E-state index is 12.4. The van der Waals surface area contributed by atoms with Crippen molar-refractivity contribution in [2.24, 2.45) is 5.92 Å². The van der Waals surface area contributed by atoms with Crippen molar-refractivity contribution in [2.75, 3.05) is 11.9 Å². The van der Waals surface area contributed by atoms with Crippen LogP contribution in [0.3, 0.4) is 0 Å². The van der Waals surface area contributed by atoms with Crippen molar-refractivity contribution >= 4 is 17.6 Å². The Balaban J connectivity index is 1.57. The summed E-state index contributed by atoms with van der Waals surface area (Å²) in [5.41, 5.74) is 0.911. The molecule has 10 heteroatoms. The highest BCUT2D eigenvalue weighted by Gasteiger charge is 2.28. The molecule has 3 rings (SSSR count). The molecule has 0 bridgehead atoms. The molecule has 2 aromatic rings. The Morgan fingerprint density at radius 1 is 1.23 bits per heavy atom. The number of carbonyl (C=O) groups is 2. The van der Waals surface area contributed by atoms with Crippen molar-refractivity contribution in [3.63, 3.8) is 0 Å². The van der Waals surface area contributed by atoms with Crippen LogP contribution in [0.4, 0.5) is 19.0 Å². The largest absolute Gasteiger partial charge is 0.468 e. The number of rotatable bonds is 7. The van der Waals surface area contributed by atoms with Crippen molar-refractivity contribution in [3.8, 4) is 5.88 Å². The van der Waals surface area contributed by atoms with Gasteiger partial charge in [0.25, 0.3) is 5.91 Å². The summed E-state index contributed by atoms with van der Waals surface area (Å²) < 4.78 is 41.0. The van der Waals surface area contributed by atoms with Gasteiger partial charge in [-0.15, -0.1) is 0 Å². The Morgan fingerprint density at radius 2 is 2.00 bits per heavy atom. The zero-order chi connectivity index (χ0) is 21.7. The van der Waals surface area contributed by atoms with Crippen LogP contribution >= 0.6 is 0 Å². The number of halogens is 3. The molecule has 1 atom stereocenters. The second-order valence-electron chi connectivity index (χ2n) is 7.08. The van der Waals surface area contributed by atoms with Gasteiger partial charge in [0.15, 0.2) is 6.61 Å². The fourth-order valence-electron chi connectivity index (χ4n) is 2.80. The van der Waals surface area contributed by atoms with E-state index in [4.69, 9.17) is 0 Å². The number of pyridine rings is 2. The molecule has 1 fully saturated rings. The Labute approximate surface area is 171 Å². The van der Waals surface area contributed by atoms with E-state index in [0.29, 0.717) is 5.82 Å². The molecule has 0 spiro atoms. The molecule has 2 heterocycles. The van der Waals surface area contributed by atoms with Gasteiger partial charge in [-0.3, -0.25) is 9.59 Å². The zero-order valence-corrected chi connectivity index (χ0v) is 16.2. The average molecular weight is 422 g/mol. The first-order valence-corrected chi connectivity index (χ1v) is 9.44. The fourth-order valence-corrected chi connectivity index (χ4v) is 2.80. The van der Waals surface area contributed by atoms with Gasteiger partial charge in [-0.2, -0.15) is 13.2 Å². The molecule has 2 N–H and O–H groups in total. The summed E-state index contributed by atoms with van der Waals surface area (Å²) in [5, 5.41) is 5.56. The molecule has 1 aliphatic rings. The summed E-state index contributed by atoms with van der Waals surface area (Å²) in [7, 11) is 0. The second kappa shape index (κ2) is 9.10. The number of aromatic nitrogens is 2. The third-order valence-electron chi connectivity index (χ3n) is 4.74. The number of carbonyl (C=O) groups excluding carboxylic acids is 2. The zero-order valence-electron chi connectivity index (χ0n) is 16.2. The van der Waals surface area contributed by atoms with Crippen molar-refractivity contribution in [3.05, 3.63) is 47.8 Å². The lowest BCUT2D eigenvalue weighted by molar-refractivity contribution is -0.154. The third kappa shape index (κ3) is 5.91. The molecule has 2 aromatic heterocycles. The highest BCUT2D eigenvalue weighted by Crippen LogP contribution is 2.27. The monoisotopic (exact) mass is 422 g/mol. The second-order valence-corrected chi connectivity index (χ2v) is 7.08. The lowest BCUT2D eigenvalue weighted by atomic mass is 9.85. The number of amides is 2. The van der Waals surface area contributed by atoms with Gasteiger partial charge in [0.2, 0.25) is 11.8 Å². The van der Waals surface area contributed by atoms with Gasteiger partial charge in [-0.25, -0.2) is 9.97 Å². The minimum absolute atomic E-state index is 0.0307. The van der Waals surface area contributed by atoms with Crippen LogP contribution in [0, 0.1) is 5.92 Å². The average Bonchev–Trinajstić information content (AvgIpc) is 2.65. The molecular weight excluding hydrogens is 401 g/mol. The molecule has 160 valence electrons. The molecule has 0 aromatic carbocycles. The van der Waals surface area contributed by atoms with E-state index in [9.17, 15) is 22.8 Å². The maximum Gasteiger partial charge on any atom is 0.422 e. The lowest BCUT2D eigenvalue weighted by Gasteiger charge is -2.24. The van der Waals surface area contributed by atoms with Gasteiger partial charge in [0, 0.05) is 24.4 Å². The number of anilines is 1. The predicted molar refractivity (Wildman–Crippen MR) is 102 cm³/mol. The maximum absolute atomic E-state index is 12.4. The number of hydrogen-bond acceptors (Lipinski definition) is 5. The first kappa shape index (κ1) is 21.5. The predicted octanol–water partition coefficient (Wildman–Crippen LogP) is 3.65. The minimum Gasteiger partial charge on any atom is -0.468 e. The Kier molecular flexibility index (Phi) is 6.53. The Morgan fingerprint density at radius 3 is 2.60 bits per heavy atom. The number of alkyl halides is 3. The molecule has 2 amide bonds. The highest BCUT2D eigenvalue weighted by atomic mass is 19.4. The smallest absolute Gasteiger partial charge is 0.422 e. The summed E-state index contributed by atoms with van der Waals surface area (Å²) >= 11 is 0. The van der Waals surface area contributed by atoms with Gasteiger partial charge < -0.3 is 15.4 Å². The standard InChI is InChI=1S/C20H21F3N4O3/c1-12(14-7-8-24-16(9-14)27-18(28)13-3-2-4-13)26-19(29)15-5-6-17(25-10-15)30-11-20(21,22)23/h5-10,12-13H,2-4,11H2,1H3,(H,26,29)(H,24,27,28). The lowest BCUT2D eigenvalue weighted by Crippen LogP contribution is -2.29. The van der Waals surface area contributed by atoms with E-state index in [1.54, 1.807) is 25.3 Å². The molecule has 0 aliphatic heterocycles. The number of nitrogens with zero attached hydrogens (tertiary/aromatic N) is 2. The van der Waals surface area contributed by atoms with Crippen molar-refractivity contribution in [2.45, 2.75) is 38.4 Å². The third-order valence-corrected chi connectivity index (χ3v) is 4.74. The van der Waals surface area contributed by atoms with E-state index < -0.39 is 24.7 Å². The van der Waals surface area contributed by atoms with Crippen LogP contribution in [0.15, 0.2) is 36.7 Å². The molecule has 1 saturated carbocycles. The molecule has 1 aliphatic carbocycles. The van der Waals surface area contributed by atoms with E-state index in [2.05, 4.69) is 25.3 Å². The molecule has 30 heavy (non-hydrogen) atoms. The molecule has 0 saturated heterocycles. The fraction of sp³-hybridized carbons (Fsp3) is 0.400. The highest BCUT2D eigenvalue weighted by molar-refractivity contribution is 5.94. The van der Waals surface area contributed by atoms with Crippen LogP contribution in [0.2, 0.25) is 0 Å². The van der Waals surface area contributed by atoms with Gasteiger partial charge in [0.1, 0.15) is 5.82 Å². The van der Waals surface area contributed by atoms with Crippen molar-refractivity contribution < 1.29 is 27.5 Å². The van der Waals surface area contributed by atoms with E-state index in [-0.39, 0.29) is 23.3 Å². The number of nitrogens with one attached hydrogen (secondary N) is 2. The first-order chi connectivity index (χ1) is 14.2. The number of hydrogen-bond donors (Lipinski definition) is 2. The first-order valence-electron chi connectivity index (χ1n) is 9.44. The molecular formula is C20H21F3N4O3. The molecule has 0 radical (unpaired) electrons. The van der Waals surface area contributed by atoms with E-state index in [1.165, 1.54) is 12.1 Å².